The zero-order valence-corrected chi connectivity index (χ0v) is 21.5. The number of carboxylic acids is 1. The van der Waals surface area contributed by atoms with Crippen LogP contribution >= 0.6 is 12.6 Å². The number of aromatic amines is 1. The maximum atomic E-state index is 13.2. The number of fused-ring (bicyclic) bond motifs is 1. The van der Waals surface area contributed by atoms with Gasteiger partial charge in [-0.15, -0.1) is 0 Å². The third kappa shape index (κ3) is 6.58. The molecule has 0 radical (unpaired) electrons. The van der Waals surface area contributed by atoms with Crippen molar-refractivity contribution in [2.24, 2.45) is 11.7 Å². The van der Waals surface area contributed by atoms with Gasteiger partial charge in [0.05, 0.1) is 6.04 Å². The van der Waals surface area contributed by atoms with Gasteiger partial charge >= 0.3 is 5.97 Å². The van der Waals surface area contributed by atoms with Gasteiger partial charge in [-0.05, 0) is 36.8 Å². The number of nitrogens with one attached hydrogen (secondary N) is 3. The maximum absolute atomic E-state index is 13.2. The van der Waals surface area contributed by atoms with Gasteiger partial charge in [-0.3, -0.25) is 14.4 Å². The molecule has 11 heteroatoms. The van der Waals surface area contributed by atoms with Crippen LogP contribution in [0.1, 0.15) is 38.7 Å². The Kier molecular flexibility index (Phi) is 9.38. The number of nitrogens with zero attached hydrogens (tertiary/aromatic N) is 1. The Balaban J connectivity index is 1.67. The van der Waals surface area contributed by atoms with E-state index in [0.717, 1.165) is 16.5 Å². The van der Waals surface area contributed by atoms with Crippen LogP contribution < -0.4 is 16.4 Å². The number of rotatable bonds is 11. The van der Waals surface area contributed by atoms with E-state index in [4.69, 9.17) is 5.73 Å². The molecule has 1 saturated heterocycles. The fourth-order valence-electron chi connectivity index (χ4n) is 4.57. The summed E-state index contributed by atoms with van der Waals surface area (Å²) < 4.78 is 0. The van der Waals surface area contributed by atoms with Crippen LogP contribution in [0.2, 0.25) is 0 Å². The van der Waals surface area contributed by atoms with Crippen molar-refractivity contribution in [3.8, 4) is 0 Å². The van der Waals surface area contributed by atoms with Crippen LogP contribution in [0.25, 0.3) is 10.9 Å². The second kappa shape index (κ2) is 12.3. The Bertz CT molecular complexity index is 1100. The predicted molar refractivity (Wildman–Crippen MR) is 140 cm³/mol. The first kappa shape index (κ1) is 27.5. The van der Waals surface area contributed by atoms with Crippen molar-refractivity contribution in [1.82, 2.24) is 20.5 Å². The number of H-pyrrole nitrogens is 1. The molecule has 0 bridgehead atoms. The molecule has 1 aliphatic heterocycles. The van der Waals surface area contributed by atoms with E-state index >= 15 is 0 Å². The summed E-state index contributed by atoms with van der Waals surface area (Å²) in [5.74, 6) is -2.31. The number of carbonyl (C=O) groups excluding carboxylic acids is 3. The van der Waals surface area contributed by atoms with Crippen molar-refractivity contribution < 1.29 is 24.3 Å². The molecular weight excluding hydrogens is 482 g/mol. The SMILES string of the molecule is CC(C)CC(N)C(=O)NC(CS)C(=O)N1CCCC1C(=O)NC(Cc1c[nH]c2ccccc12)C(=O)O. The van der Waals surface area contributed by atoms with Crippen LogP contribution in [0.15, 0.2) is 30.5 Å². The molecule has 1 fully saturated rings. The topological polar surface area (TPSA) is 158 Å². The lowest BCUT2D eigenvalue weighted by Crippen LogP contribution is -2.57. The summed E-state index contributed by atoms with van der Waals surface area (Å²) in [5.41, 5.74) is 7.59. The van der Waals surface area contributed by atoms with Gasteiger partial charge in [-0.1, -0.05) is 32.0 Å². The second-order valence-corrected chi connectivity index (χ2v) is 10.00. The fourth-order valence-corrected chi connectivity index (χ4v) is 4.82. The van der Waals surface area contributed by atoms with Gasteiger partial charge < -0.3 is 31.4 Å². The van der Waals surface area contributed by atoms with Gasteiger partial charge in [-0.25, -0.2) is 4.79 Å². The molecular formula is C25H35N5O5S. The van der Waals surface area contributed by atoms with Crippen LogP contribution in [0.3, 0.4) is 0 Å². The van der Waals surface area contributed by atoms with E-state index in [1.165, 1.54) is 4.90 Å². The number of aromatic nitrogens is 1. The minimum absolute atomic E-state index is 0.0438. The minimum Gasteiger partial charge on any atom is -0.480 e. The summed E-state index contributed by atoms with van der Waals surface area (Å²) >= 11 is 4.22. The Morgan fingerprint density at radius 2 is 1.92 bits per heavy atom. The van der Waals surface area contributed by atoms with E-state index in [-0.39, 0.29) is 18.1 Å². The fraction of sp³-hybridized carbons (Fsp3) is 0.520. The highest BCUT2D eigenvalue weighted by atomic mass is 32.1. The zero-order chi connectivity index (χ0) is 26.4. The Morgan fingerprint density at radius 3 is 2.58 bits per heavy atom. The van der Waals surface area contributed by atoms with Crippen molar-refractivity contribution >= 4 is 47.2 Å². The third-order valence-corrected chi connectivity index (χ3v) is 6.78. The maximum Gasteiger partial charge on any atom is 0.326 e. The number of carbonyl (C=O) groups is 4. The molecule has 1 aliphatic rings. The molecule has 0 aliphatic carbocycles. The van der Waals surface area contributed by atoms with E-state index in [9.17, 15) is 24.3 Å². The number of amides is 3. The smallest absolute Gasteiger partial charge is 0.326 e. The average Bonchev–Trinajstić information content (AvgIpc) is 3.48. The summed E-state index contributed by atoms with van der Waals surface area (Å²) in [4.78, 5) is 55.3. The van der Waals surface area contributed by atoms with E-state index in [2.05, 4.69) is 28.2 Å². The third-order valence-electron chi connectivity index (χ3n) is 6.41. The lowest BCUT2D eigenvalue weighted by Gasteiger charge is -2.29. The lowest BCUT2D eigenvalue weighted by molar-refractivity contribution is -0.144. The van der Waals surface area contributed by atoms with Gasteiger partial charge in [-0.2, -0.15) is 12.6 Å². The van der Waals surface area contributed by atoms with Crippen molar-refractivity contribution in [3.63, 3.8) is 0 Å². The molecule has 36 heavy (non-hydrogen) atoms. The predicted octanol–water partition coefficient (Wildman–Crippen LogP) is 1.06. The first-order valence-electron chi connectivity index (χ1n) is 12.2. The number of para-hydroxylation sites is 1. The molecule has 0 saturated carbocycles. The largest absolute Gasteiger partial charge is 0.480 e. The number of thiol groups is 1. The van der Waals surface area contributed by atoms with E-state index < -0.39 is 47.9 Å². The van der Waals surface area contributed by atoms with Crippen LogP contribution in [0.5, 0.6) is 0 Å². The molecule has 4 unspecified atom stereocenters. The highest BCUT2D eigenvalue weighted by molar-refractivity contribution is 7.80. The van der Waals surface area contributed by atoms with Crippen LogP contribution in [-0.2, 0) is 25.6 Å². The van der Waals surface area contributed by atoms with Crippen LogP contribution in [0, 0.1) is 5.92 Å². The molecule has 2 heterocycles. The average molecular weight is 518 g/mol. The quantitative estimate of drug-likeness (QED) is 0.245. The van der Waals surface area contributed by atoms with Crippen LogP contribution in [0.4, 0.5) is 0 Å². The normalized spacial score (nSPS) is 18.1. The number of aliphatic carboxylic acids is 1. The molecule has 10 nitrogen and oxygen atoms in total. The Labute approximate surface area is 215 Å². The summed E-state index contributed by atoms with van der Waals surface area (Å²) in [5, 5.41) is 15.9. The number of nitrogens with two attached hydrogens (primary N) is 1. The summed E-state index contributed by atoms with van der Waals surface area (Å²) in [7, 11) is 0. The molecule has 0 spiro atoms. The van der Waals surface area contributed by atoms with Crippen LogP contribution in [-0.4, -0.2) is 75.1 Å². The number of benzene rings is 1. The van der Waals surface area contributed by atoms with Crippen molar-refractivity contribution in [3.05, 3.63) is 36.0 Å². The minimum atomic E-state index is -1.16. The number of hydrogen-bond acceptors (Lipinski definition) is 6. The molecule has 3 rings (SSSR count). The molecule has 1 aromatic carbocycles. The first-order chi connectivity index (χ1) is 17.1. The number of carboxylic acid groups (broad SMARTS) is 1. The molecule has 6 N–H and O–H groups in total. The highest BCUT2D eigenvalue weighted by Gasteiger charge is 2.39. The number of hydrogen-bond donors (Lipinski definition) is 6. The Morgan fingerprint density at radius 1 is 1.19 bits per heavy atom. The summed E-state index contributed by atoms with van der Waals surface area (Å²) in [6, 6.07) is 3.84. The van der Waals surface area contributed by atoms with E-state index in [1.54, 1.807) is 6.20 Å². The van der Waals surface area contributed by atoms with Gasteiger partial charge in [0.2, 0.25) is 17.7 Å². The van der Waals surface area contributed by atoms with Gasteiger partial charge in [0, 0.05) is 35.8 Å². The summed E-state index contributed by atoms with van der Waals surface area (Å²) in [6.07, 6.45) is 3.29. The van der Waals surface area contributed by atoms with E-state index in [0.29, 0.717) is 25.8 Å². The van der Waals surface area contributed by atoms with Gasteiger partial charge in [0.15, 0.2) is 0 Å². The Hall–Kier alpha value is -3.05. The van der Waals surface area contributed by atoms with Crippen molar-refractivity contribution in [2.75, 3.05) is 12.3 Å². The monoisotopic (exact) mass is 517 g/mol. The van der Waals surface area contributed by atoms with Gasteiger partial charge in [0.1, 0.15) is 18.1 Å². The first-order valence-corrected chi connectivity index (χ1v) is 12.8. The van der Waals surface area contributed by atoms with E-state index in [1.807, 2.05) is 38.1 Å². The highest BCUT2D eigenvalue weighted by Crippen LogP contribution is 2.21. The molecule has 4 atom stereocenters. The lowest BCUT2D eigenvalue weighted by atomic mass is 10.0. The molecule has 3 amide bonds. The van der Waals surface area contributed by atoms with Crippen molar-refractivity contribution in [1.29, 1.82) is 0 Å². The van der Waals surface area contributed by atoms with Crippen molar-refractivity contribution in [2.45, 2.75) is 63.7 Å². The molecule has 1 aromatic heterocycles. The molecule has 2 aromatic rings. The number of likely N-dealkylation sites (tertiary alicyclic amines) is 1. The van der Waals surface area contributed by atoms with Gasteiger partial charge in [0.25, 0.3) is 0 Å². The standard InChI is InChI=1S/C25H35N5O5S/c1-14(2)10-17(26)22(31)29-20(13-36)24(33)30-9-5-8-21(30)23(32)28-19(25(34)35)11-15-12-27-18-7-4-3-6-16(15)18/h3-4,6-7,12,14,17,19-21,27,36H,5,8-11,13,26H2,1-2H3,(H,28,32)(H,29,31)(H,34,35). The molecule has 196 valence electrons. The second-order valence-electron chi connectivity index (χ2n) is 9.63. The summed E-state index contributed by atoms with van der Waals surface area (Å²) in [6.45, 7) is 4.23. The zero-order valence-electron chi connectivity index (χ0n) is 20.6.